The van der Waals surface area contributed by atoms with Gasteiger partial charge in [-0.3, -0.25) is 4.79 Å². The number of nitrogens with zero attached hydrogens (tertiary/aromatic N) is 3. The number of nitrogens with one attached hydrogen (secondary N) is 1. The summed E-state index contributed by atoms with van der Waals surface area (Å²) in [5.74, 6) is 0.913. The van der Waals surface area contributed by atoms with Gasteiger partial charge in [0.2, 0.25) is 11.9 Å². The Bertz CT molecular complexity index is 404. The third kappa shape index (κ3) is 4.19. The first-order valence-electron chi connectivity index (χ1n) is 7.12. The Kier molecular flexibility index (Phi) is 5.12. The molecule has 2 heterocycles. The van der Waals surface area contributed by atoms with Crippen LogP contribution in [0.2, 0.25) is 0 Å². The highest BCUT2D eigenvalue weighted by atomic mass is 16.2. The van der Waals surface area contributed by atoms with E-state index >= 15 is 0 Å². The molecular weight excluding hydrogens is 240 g/mol. The summed E-state index contributed by atoms with van der Waals surface area (Å²) in [5.41, 5.74) is 1.17. The summed E-state index contributed by atoms with van der Waals surface area (Å²) < 4.78 is 0. The molecule has 0 unspecified atom stereocenters. The molecule has 0 saturated carbocycles. The molecule has 0 aliphatic carbocycles. The Morgan fingerprint density at radius 1 is 1.32 bits per heavy atom. The molecule has 0 bridgehead atoms. The Hall–Kier alpha value is -1.65. The first-order valence-corrected chi connectivity index (χ1v) is 7.12. The van der Waals surface area contributed by atoms with Crippen LogP contribution in [-0.4, -0.2) is 40.4 Å². The molecule has 1 aliphatic heterocycles. The molecular formula is C14H22N4O. The summed E-state index contributed by atoms with van der Waals surface area (Å²) in [5, 5.41) is 3.17. The molecule has 5 nitrogen and oxygen atoms in total. The Morgan fingerprint density at radius 2 is 2.11 bits per heavy atom. The summed E-state index contributed by atoms with van der Waals surface area (Å²) in [6.45, 7) is 4.47. The lowest BCUT2D eigenvalue weighted by atomic mass is 10.1. The molecule has 2 rings (SSSR count). The van der Waals surface area contributed by atoms with Crippen molar-refractivity contribution in [3.63, 3.8) is 0 Å². The van der Waals surface area contributed by atoms with Crippen LogP contribution in [0.15, 0.2) is 12.4 Å². The van der Waals surface area contributed by atoms with Crippen LogP contribution in [-0.2, 0) is 11.2 Å². The highest BCUT2D eigenvalue weighted by Crippen LogP contribution is 2.09. The fourth-order valence-electron chi connectivity index (χ4n) is 2.26. The van der Waals surface area contributed by atoms with E-state index in [2.05, 4.69) is 22.2 Å². The van der Waals surface area contributed by atoms with Gasteiger partial charge in [0.25, 0.3) is 0 Å². The molecule has 1 aromatic rings. The second-order valence-corrected chi connectivity index (χ2v) is 4.93. The van der Waals surface area contributed by atoms with Crippen LogP contribution < -0.4 is 5.32 Å². The molecule has 1 fully saturated rings. The van der Waals surface area contributed by atoms with Crippen LogP contribution in [0.4, 0.5) is 5.95 Å². The van der Waals surface area contributed by atoms with E-state index in [1.54, 1.807) is 0 Å². The van der Waals surface area contributed by atoms with E-state index in [0.29, 0.717) is 18.9 Å². The minimum absolute atomic E-state index is 0.271. The van der Waals surface area contributed by atoms with Gasteiger partial charge < -0.3 is 10.2 Å². The molecule has 104 valence electrons. The fourth-order valence-corrected chi connectivity index (χ4v) is 2.26. The number of rotatable bonds is 6. The largest absolute Gasteiger partial charge is 0.352 e. The number of piperidine rings is 1. The second-order valence-electron chi connectivity index (χ2n) is 4.93. The van der Waals surface area contributed by atoms with E-state index in [4.69, 9.17) is 0 Å². The zero-order valence-corrected chi connectivity index (χ0v) is 11.6. The Labute approximate surface area is 114 Å². The van der Waals surface area contributed by atoms with Gasteiger partial charge in [0.05, 0.1) is 0 Å². The van der Waals surface area contributed by atoms with Gasteiger partial charge in [-0.1, -0.05) is 13.3 Å². The number of likely N-dealkylation sites (tertiary alicyclic amines) is 1. The highest BCUT2D eigenvalue weighted by Gasteiger charge is 2.16. The molecule has 1 saturated heterocycles. The number of amides is 1. The van der Waals surface area contributed by atoms with E-state index in [1.165, 1.54) is 5.56 Å². The molecule has 1 N–H and O–H groups in total. The summed E-state index contributed by atoms with van der Waals surface area (Å²) >= 11 is 0. The van der Waals surface area contributed by atoms with E-state index in [9.17, 15) is 4.79 Å². The van der Waals surface area contributed by atoms with Crippen LogP contribution in [0.3, 0.4) is 0 Å². The summed E-state index contributed by atoms with van der Waals surface area (Å²) in [6.07, 6.45) is 8.70. The van der Waals surface area contributed by atoms with E-state index in [-0.39, 0.29) is 5.91 Å². The van der Waals surface area contributed by atoms with Crippen molar-refractivity contribution in [3.05, 3.63) is 18.0 Å². The third-order valence-electron chi connectivity index (χ3n) is 3.33. The maximum atomic E-state index is 11.6. The lowest BCUT2D eigenvalue weighted by molar-refractivity contribution is -0.133. The number of aryl methyl sites for hydroxylation is 1. The van der Waals surface area contributed by atoms with Crippen molar-refractivity contribution in [3.8, 4) is 0 Å². The van der Waals surface area contributed by atoms with Crippen LogP contribution >= 0.6 is 0 Å². The fraction of sp³-hybridized carbons (Fsp3) is 0.643. The van der Waals surface area contributed by atoms with Gasteiger partial charge in [-0.15, -0.1) is 0 Å². The molecule has 0 atom stereocenters. The minimum Gasteiger partial charge on any atom is -0.352 e. The van der Waals surface area contributed by atoms with Gasteiger partial charge in [-0.2, -0.15) is 0 Å². The highest BCUT2D eigenvalue weighted by molar-refractivity contribution is 5.76. The zero-order valence-electron chi connectivity index (χ0n) is 11.6. The monoisotopic (exact) mass is 262 g/mol. The van der Waals surface area contributed by atoms with Crippen LogP contribution in [0, 0.1) is 0 Å². The first kappa shape index (κ1) is 13.8. The second kappa shape index (κ2) is 7.07. The third-order valence-corrected chi connectivity index (χ3v) is 3.33. The summed E-state index contributed by atoms with van der Waals surface area (Å²) in [4.78, 5) is 22.1. The molecule has 5 heteroatoms. The molecule has 0 spiro atoms. The summed E-state index contributed by atoms with van der Waals surface area (Å²) in [6, 6.07) is 0. The Balaban J connectivity index is 1.74. The van der Waals surface area contributed by atoms with Crippen LogP contribution in [0.5, 0.6) is 0 Å². The predicted molar refractivity (Wildman–Crippen MR) is 74.9 cm³/mol. The van der Waals surface area contributed by atoms with E-state index < -0.39 is 0 Å². The molecule has 1 amide bonds. The predicted octanol–water partition coefficient (Wildman–Crippen LogP) is 1.85. The summed E-state index contributed by atoms with van der Waals surface area (Å²) in [7, 11) is 0. The van der Waals surface area contributed by atoms with Gasteiger partial charge in [-0.05, 0) is 24.8 Å². The van der Waals surface area contributed by atoms with Gasteiger partial charge in [-0.25, -0.2) is 9.97 Å². The number of hydrogen-bond donors (Lipinski definition) is 1. The topological polar surface area (TPSA) is 58.1 Å². The van der Waals surface area contributed by atoms with Gasteiger partial charge in [0.15, 0.2) is 0 Å². The van der Waals surface area contributed by atoms with Crippen molar-refractivity contribution in [2.75, 3.05) is 25.0 Å². The molecule has 1 aliphatic rings. The number of carbonyl (C=O) groups is 1. The molecule has 0 aromatic carbocycles. The lowest BCUT2D eigenvalue weighted by Crippen LogP contribution is -2.38. The van der Waals surface area contributed by atoms with Gasteiger partial charge in [0, 0.05) is 38.4 Å². The number of anilines is 1. The molecule has 19 heavy (non-hydrogen) atoms. The Morgan fingerprint density at radius 3 is 2.79 bits per heavy atom. The smallest absolute Gasteiger partial charge is 0.222 e. The number of hydrogen-bond acceptors (Lipinski definition) is 4. The van der Waals surface area contributed by atoms with Crippen molar-refractivity contribution in [2.45, 2.75) is 39.0 Å². The van der Waals surface area contributed by atoms with Gasteiger partial charge >= 0.3 is 0 Å². The van der Waals surface area contributed by atoms with Crippen molar-refractivity contribution >= 4 is 11.9 Å². The maximum Gasteiger partial charge on any atom is 0.222 e. The lowest BCUT2D eigenvalue weighted by Gasteiger charge is -2.26. The quantitative estimate of drug-likeness (QED) is 0.850. The van der Waals surface area contributed by atoms with Gasteiger partial charge in [0.1, 0.15) is 0 Å². The SMILES string of the molecule is CCCc1cnc(NCCN2CCCCC2=O)nc1. The van der Waals surface area contributed by atoms with Crippen LogP contribution in [0.1, 0.15) is 38.2 Å². The molecule has 0 radical (unpaired) electrons. The van der Waals surface area contributed by atoms with Crippen molar-refractivity contribution in [1.82, 2.24) is 14.9 Å². The van der Waals surface area contributed by atoms with Crippen LogP contribution in [0.25, 0.3) is 0 Å². The average Bonchev–Trinajstić information content (AvgIpc) is 2.43. The van der Waals surface area contributed by atoms with Crippen molar-refractivity contribution in [1.29, 1.82) is 0 Å². The zero-order chi connectivity index (χ0) is 13.5. The van der Waals surface area contributed by atoms with Crippen molar-refractivity contribution < 1.29 is 4.79 Å². The average molecular weight is 262 g/mol. The maximum absolute atomic E-state index is 11.6. The first-order chi connectivity index (χ1) is 9.29. The number of aromatic nitrogens is 2. The normalized spacial score (nSPS) is 15.6. The van der Waals surface area contributed by atoms with E-state index in [0.717, 1.165) is 38.8 Å². The van der Waals surface area contributed by atoms with E-state index in [1.807, 2.05) is 17.3 Å². The standard InChI is InChI=1S/C14H22N4O/c1-2-5-12-10-16-14(17-11-12)15-7-9-18-8-4-3-6-13(18)19/h10-11H,2-9H2,1H3,(H,15,16,17). The minimum atomic E-state index is 0.271. The molecule has 1 aromatic heterocycles. The number of carbonyl (C=O) groups excluding carboxylic acids is 1. The van der Waals surface area contributed by atoms with Crippen molar-refractivity contribution in [2.24, 2.45) is 0 Å².